The quantitative estimate of drug-likeness (QED) is 0.793. The highest BCUT2D eigenvalue weighted by molar-refractivity contribution is 9.10. The number of carbonyl (C=O) groups is 1. The molecule has 2 aromatic rings. The standard InChI is InChI=1S/C13H11BrO2S/c1-2-16-11-6-4-3-5-10(11)13(15)12-7-9(14)8-17-12/h3-8H,2H2,1H3. The molecule has 0 radical (unpaired) electrons. The van der Waals surface area contributed by atoms with Gasteiger partial charge in [-0.15, -0.1) is 11.3 Å². The van der Waals surface area contributed by atoms with Crippen LogP contribution >= 0.6 is 27.3 Å². The number of halogens is 1. The molecular weight excluding hydrogens is 300 g/mol. The minimum atomic E-state index is 0.00440. The van der Waals surface area contributed by atoms with Crippen LogP contribution in [0.2, 0.25) is 0 Å². The van der Waals surface area contributed by atoms with E-state index in [1.807, 2.05) is 36.6 Å². The number of thiophene rings is 1. The zero-order valence-corrected chi connectivity index (χ0v) is 11.7. The van der Waals surface area contributed by atoms with E-state index in [4.69, 9.17) is 4.74 Å². The Bertz CT molecular complexity index is 534. The van der Waals surface area contributed by atoms with Crippen molar-refractivity contribution in [2.45, 2.75) is 6.92 Å². The zero-order valence-electron chi connectivity index (χ0n) is 9.27. The number of para-hydroxylation sites is 1. The van der Waals surface area contributed by atoms with Crippen molar-refractivity contribution in [1.29, 1.82) is 0 Å². The third kappa shape index (κ3) is 2.76. The van der Waals surface area contributed by atoms with E-state index in [9.17, 15) is 4.79 Å². The normalized spacial score (nSPS) is 10.2. The monoisotopic (exact) mass is 310 g/mol. The molecule has 88 valence electrons. The van der Waals surface area contributed by atoms with Gasteiger partial charge >= 0.3 is 0 Å². The molecule has 2 nitrogen and oxygen atoms in total. The summed E-state index contributed by atoms with van der Waals surface area (Å²) in [5, 5.41) is 1.90. The van der Waals surface area contributed by atoms with Gasteiger partial charge in [0.2, 0.25) is 5.78 Å². The van der Waals surface area contributed by atoms with Crippen LogP contribution in [0, 0.1) is 0 Å². The topological polar surface area (TPSA) is 26.3 Å². The largest absolute Gasteiger partial charge is 0.493 e. The Balaban J connectivity index is 2.36. The molecule has 0 saturated carbocycles. The van der Waals surface area contributed by atoms with Crippen molar-refractivity contribution in [3.05, 3.63) is 50.6 Å². The molecule has 17 heavy (non-hydrogen) atoms. The van der Waals surface area contributed by atoms with E-state index in [1.165, 1.54) is 11.3 Å². The first-order valence-electron chi connectivity index (χ1n) is 5.23. The van der Waals surface area contributed by atoms with Crippen LogP contribution in [0.15, 0.2) is 40.2 Å². The summed E-state index contributed by atoms with van der Waals surface area (Å²) < 4.78 is 6.39. The molecule has 1 aromatic heterocycles. The summed E-state index contributed by atoms with van der Waals surface area (Å²) in [5.41, 5.74) is 0.615. The molecular formula is C13H11BrO2S. The second-order valence-electron chi connectivity index (χ2n) is 3.39. The molecule has 1 heterocycles. The molecule has 0 bridgehead atoms. The third-order valence-corrected chi connectivity index (χ3v) is 3.91. The van der Waals surface area contributed by atoms with Crippen LogP contribution in [0.4, 0.5) is 0 Å². The van der Waals surface area contributed by atoms with Gasteiger partial charge in [0.05, 0.1) is 17.0 Å². The molecule has 0 aliphatic rings. The summed E-state index contributed by atoms with van der Waals surface area (Å²) in [5.74, 6) is 0.647. The maximum atomic E-state index is 12.3. The van der Waals surface area contributed by atoms with Gasteiger partial charge < -0.3 is 4.74 Å². The molecule has 0 fully saturated rings. The summed E-state index contributed by atoms with van der Waals surface area (Å²) in [7, 11) is 0. The second kappa shape index (κ2) is 5.47. The molecule has 0 atom stereocenters. The lowest BCUT2D eigenvalue weighted by molar-refractivity contribution is 0.103. The first-order chi connectivity index (χ1) is 8.22. The van der Waals surface area contributed by atoms with Crippen LogP contribution in [0.5, 0.6) is 5.75 Å². The van der Waals surface area contributed by atoms with E-state index in [2.05, 4.69) is 15.9 Å². The highest BCUT2D eigenvalue weighted by Crippen LogP contribution is 2.26. The Morgan fingerprint density at radius 3 is 2.82 bits per heavy atom. The molecule has 0 saturated heterocycles. The maximum Gasteiger partial charge on any atom is 0.206 e. The number of hydrogen-bond donors (Lipinski definition) is 0. The van der Waals surface area contributed by atoms with Crippen molar-refractivity contribution in [1.82, 2.24) is 0 Å². The van der Waals surface area contributed by atoms with Gasteiger partial charge in [0.15, 0.2) is 0 Å². The van der Waals surface area contributed by atoms with E-state index >= 15 is 0 Å². The number of rotatable bonds is 4. The van der Waals surface area contributed by atoms with Crippen molar-refractivity contribution >= 4 is 33.0 Å². The van der Waals surface area contributed by atoms with E-state index in [-0.39, 0.29) is 5.78 Å². The first-order valence-corrected chi connectivity index (χ1v) is 6.90. The highest BCUT2D eigenvalue weighted by atomic mass is 79.9. The molecule has 0 unspecified atom stereocenters. The Labute approximate surface area is 112 Å². The average Bonchev–Trinajstić information content (AvgIpc) is 2.76. The lowest BCUT2D eigenvalue weighted by Gasteiger charge is -2.07. The van der Waals surface area contributed by atoms with Crippen molar-refractivity contribution in [2.24, 2.45) is 0 Å². The molecule has 0 aliphatic heterocycles. The number of benzene rings is 1. The van der Waals surface area contributed by atoms with E-state index < -0.39 is 0 Å². The Morgan fingerprint density at radius 1 is 1.41 bits per heavy atom. The van der Waals surface area contributed by atoms with Gasteiger partial charge in [-0.1, -0.05) is 12.1 Å². The van der Waals surface area contributed by atoms with Gasteiger partial charge in [-0.05, 0) is 41.1 Å². The fraction of sp³-hybridized carbons (Fsp3) is 0.154. The summed E-state index contributed by atoms with van der Waals surface area (Å²) in [6, 6.07) is 9.15. The Kier molecular flexibility index (Phi) is 3.97. The van der Waals surface area contributed by atoms with Crippen LogP contribution in [0.25, 0.3) is 0 Å². The number of hydrogen-bond acceptors (Lipinski definition) is 3. The van der Waals surface area contributed by atoms with E-state index in [0.717, 1.165) is 4.47 Å². The average molecular weight is 311 g/mol. The fourth-order valence-electron chi connectivity index (χ4n) is 1.50. The minimum absolute atomic E-state index is 0.00440. The van der Waals surface area contributed by atoms with Gasteiger partial charge in [-0.2, -0.15) is 0 Å². The predicted octanol–water partition coefficient (Wildman–Crippen LogP) is 4.14. The van der Waals surface area contributed by atoms with Gasteiger partial charge in [0.1, 0.15) is 5.75 Å². The molecule has 0 aliphatic carbocycles. The number of carbonyl (C=O) groups excluding carboxylic acids is 1. The number of ether oxygens (including phenoxy) is 1. The maximum absolute atomic E-state index is 12.3. The predicted molar refractivity (Wildman–Crippen MR) is 73.1 cm³/mol. The van der Waals surface area contributed by atoms with Crippen LogP contribution in [-0.2, 0) is 0 Å². The molecule has 1 aromatic carbocycles. The van der Waals surface area contributed by atoms with Crippen molar-refractivity contribution < 1.29 is 9.53 Å². The van der Waals surface area contributed by atoms with Crippen LogP contribution in [0.1, 0.15) is 22.2 Å². The smallest absolute Gasteiger partial charge is 0.206 e. The lowest BCUT2D eigenvalue weighted by Crippen LogP contribution is -2.03. The van der Waals surface area contributed by atoms with E-state index in [1.54, 1.807) is 6.07 Å². The van der Waals surface area contributed by atoms with Crippen LogP contribution < -0.4 is 4.74 Å². The molecule has 4 heteroatoms. The summed E-state index contributed by atoms with van der Waals surface area (Å²) in [6.07, 6.45) is 0. The van der Waals surface area contributed by atoms with Crippen molar-refractivity contribution in [3.63, 3.8) is 0 Å². The molecule has 0 amide bonds. The van der Waals surface area contributed by atoms with Crippen molar-refractivity contribution in [2.75, 3.05) is 6.61 Å². The summed E-state index contributed by atoms with van der Waals surface area (Å²) >= 11 is 4.78. The molecule has 2 rings (SSSR count). The molecule has 0 N–H and O–H groups in total. The van der Waals surface area contributed by atoms with Gasteiger partial charge in [-0.25, -0.2) is 0 Å². The van der Waals surface area contributed by atoms with Gasteiger partial charge in [0.25, 0.3) is 0 Å². The van der Waals surface area contributed by atoms with Gasteiger partial charge in [-0.3, -0.25) is 4.79 Å². The Hall–Kier alpha value is -1.13. The van der Waals surface area contributed by atoms with Crippen LogP contribution in [-0.4, -0.2) is 12.4 Å². The SMILES string of the molecule is CCOc1ccccc1C(=O)c1cc(Br)cs1. The summed E-state index contributed by atoms with van der Waals surface area (Å²) in [4.78, 5) is 13.0. The van der Waals surface area contributed by atoms with Crippen LogP contribution in [0.3, 0.4) is 0 Å². The summed E-state index contributed by atoms with van der Waals surface area (Å²) in [6.45, 7) is 2.46. The fourth-order valence-corrected chi connectivity index (χ4v) is 2.88. The highest BCUT2D eigenvalue weighted by Gasteiger charge is 2.15. The number of ketones is 1. The minimum Gasteiger partial charge on any atom is -0.493 e. The van der Waals surface area contributed by atoms with E-state index in [0.29, 0.717) is 22.8 Å². The third-order valence-electron chi connectivity index (χ3n) is 2.22. The Morgan fingerprint density at radius 2 is 2.18 bits per heavy atom. The zero-order chi connectivity index (χ0) is 12.3. The first kappa shape index (κ1) is 12.3. The van der Waals surface area contributed by atoms with Gasteiger partial charge in [0, 0.05) is 9.85 Å². The van der Waals surface area contributed by atoms with Crippen molar-refractivity contribution in [3.8, 4) is 5.75 Å². The molecule has 0 spiro atoms. The lowest BCUT2D eigenvalue weighted by atomic mass is 10.1. The second-order valence-corrected chi connectivity index (χ2v) is 5.21.